The molecule has 2 aromatic rings. The van der Waals surface area contributed by atoms with Gasteiger partial charge in [-0.2, -0.15) is 4.39 Å². The fourth-order valence-electron chi connectivity index (χ4n) is 1.65. The highest BCUT2D eigenvalue weighted by Gasteiger charge is 2.22. The van der Waals surface area contributed by atoms with Crippen molar-refractivity contribution in [2.24, 2.45) is 5.73 Å². The van der Waals surface area contributed by atoms with Gasteiger partial charge in [-0.05, 0) is 17.7 Å². The van der Waals surface area contributed by atoms with Crippen LogP contribution >= 0.6 is 0 Å². The summed E-state index contributed by atoms with van der Waals surface area (Å²) in [5.41, 5.74) is 7.23. The van der Waals surface area contributed by atoms with E-state index >= 15 is 0 Å². The van der Waals surface area contributed by atoms with Crippen LogP contribution in [0.4, 0.5) is 4.39 Å². The Hall–Kier alpha value is -1.42. The molecular formula is C11H14FN3. The SMILES string of the molecule is CC(C)(CN)c1c[nH]c2nc(F)ccc12. The molecule has 3 N–H and O–H groups in total. The lowest BCUT2D eigenvalue weighted by atomic mass is 9.85. The summed E-state index contributed by atoms with van der Waals surface area (Å²) in [7, 11) is 0. The Morgan fingerprint density at radius 2 is 2.20 bits per heavy atom. The molecule has 0 spiro atoms. The average molecular weight is 207 g/mol. The number of hydrogen-bond acceptors (Lipinski definition) is 2. The topological polar surface area (TPSA) is 54.7 Å². The predicted octanol–water partition coefficient (Wildman–Crippen LogP) is 1.94. The number of H-pyrrole nitrogens is 1. The number of aromatic amines is 1. The zero-order chi connectivity index (χ0) is 11.1. The van der Waals surface area contributed by atoms with Gasteiger partial charge < -0.3 is 10.7 Å². The van der Waals surface area contributed by atoms with Crippen molar-refractivity contribution in [2.75, 3.05) is 6.54 Å². The largest absolute Gasteiger partial charge is 0.346 e. The molecule has 15 heavy (non-hydrogen) atoms. The van der Waals surface area contributed by atoms with Crippen LogP contribution in [0, 0.1) is 5.95 Å². The Morgan fingerprint density at radius 3 is 2.87 bits per heavy atom. The number of halogens is 1. The lowest BCUT2D eigenvalue weighted by Gasteiger charge is -2.21. The zero-order valence-corrected chi connectivity index (χ0v) is 8.84. The lowest BCUT2D eigenvalue weighted by Crippen LogP contribution is -2.27. The summed E-state index contributed by atoms with van der Waals surface area (Å²) in [6.07, 6.45) is 1.85. The summed E-state index contributed by atoms with van der Waals surface area (Å²) in [6, 6.07) is 3.10. The van der Waals surface area contributed by atoms with Crippen molar-refractivity contribution in [3.05, 3.63) is 29.8 Å². The van der Waals surface area contributed by atoms with Gasteiger partial charge in [0.1, 0.15) is 5.65 Å². The van der Waals surface area contributed by atoms with E-state index in [4.69, 9.17) is 5.73 Å². The number of pyridine rings is 1. The van der Waals surface area contributed by atoms with Crippen LogP contribution in [0.25, 0.3) is 11.0 Å². The van der Waals surface area contributed by atoms with Crippen LogP contribution in [0.15, 0.2) is 18.3 Å². The van der Waals surface area contributed by atoms with Crippen LogP contribution in [0.1, 0.15) is 19.4 Å². The van der Waals surface area contributed by atoms with Crippen molar-refractivity contribution in [3.63, 3.8) is 0 Å². The molecule has 0 fully saturated rings. The first-order valence-electron chi connectivity index (χ1n) is 4.89. The maximum atomic E-state index is 12.9. The first-order valence-corrected chi connectivity index (χ1v) is 4.89. The number of rotatable bonds is 2. The zero-order valence-electron chi connectivity index (χ0n) is 8.84. The van der Waals surface area contributed by atoms with Crippen molar-refractivity contribution in [1.29, 1.82) is 0 Å². The third-order valence-electron chi connectivity index (χ3n) is 2.74. The third-order valence-corrected chi connectivity index (χ3v) is 2.74. The third kappa shape index (κ3) is 1.61. The second-order valence-electron chi connectivity index (χ2n) is 4.32. The fraction of sp³-hybridized carbons (Fsp3) is 0.364. The van der Waals surface area contributed by atoms with Gasteiger partial charge in [0.25, 0.3) is 0 Å². The molecule has 80 valence electrons. The van der Waals surface area contributed by atoms with E-state index < -0.39 is 5.95 Å². The van der Waals surface area contributed by atoms with Crippen LogP contribution in [0.3, 0.4) is 0 Å². The Kier molecular flexibility index (Phi) is 2.23. The lowest BCUT2D eigenvalue weighted by molar-refractivity contribution is 0.543. The van der Waals surface area contributed by atoms with Crippen LogP contribution in [0.2, 0.25) is 0 Å². The summed E-state index contributed by atoms with van der Waals surface area (Å²) < 4.78 is 12.9. The highest BCUT2D eigenvalue weighted by atomic mass is 19.1. The molecule has 0 atom stereocenters. The molecule has 0 saturated carbocycles. The molecule has 3 nitrogen and oxygen atoms in total. The highest BCUT2D eigenvalue weighted by molar-refractivity contribution is 5.80. The van der Waals surface area contributed by atoms with Crippen molar-refractivity contribution in [2.45, 2.75) is 19.3 Å². The van der Waals surface area contributed by atoms with E-state index in [-0.39, 0.29) is 5.41 Å². The summed E-state index contributed by atoms with van der Waals surface area (Å²) in [4.78, 5) is 6.74. The second-order valence-corrected chi connectivity index (χ2v) is 4.32. The molecule has 2 aromatic heterocycles. The molecule has 2 heterocycles. The van der Waals surface area contributed by atoms with E-state index in [0.717, 1.165) is 10.9 Å². The summed E-state index contributed by atoms with van der Waals surface area (Å²) in [6.45, 7) is 4.65. The van der Waals surface area contributed by atoms with Gasteiger partial charge in [0.05, 0.1) is 0 Å². The minimum Gasteiger partial charge on any atom is -0.346 e. The number of nitrogens with one attached hydrogen (secondary N) is 1. The minimum atomic E-state index is -0.471. The molecule has 0 aliphatic heterocycles. The van der Waals surface area contributed by atoms with E-state index in [2.05, 4.69) is 23.8 Å². The van der Waals surface area contributed by atoms with Gasteiger partial charge in [-0.25, -0.2) is 4.98 Å². The molecule has 2 rings (SSSR count). The minimum absolute atomic E-state index is 0.127. The Balaban J connectivity index is 2.64. The first-order chi connectivity index (χ1) is 7.04. The molecule has 0 amide bonds. The molecule has 0 saturated heterocycles. The van der Waals surface area contributed by atoms with E-state index in [1.807, 2.05) is 6.20 Å². The van der Waals surface area contributed by atoms with Gasteiger partial charge in [0, 0.05) is 23.5 Å². The van der Waals surface area contributed by atoms with Crippen LogP contribution < -0.4 is 5.73 Å². The van der Waals surface area contributed by atoms with Crippen molar-refractivity contribution in [3.8, 4) is 0 Å². The number of nitrogens with two attached hydrogens (primary N) is 1. The van der Waals surface area contributed by atoms with Gasteiger partial charge in [-0.15, -0.1) is 0 Å². The van der Waals surface area contributed by atoms with Crippen molar-refractivity contribution in [1.82, 2.24) is 9.97 Å². The maximum Gasteiger partial charge on any atom is 0.214 e. The van der Waals surface area contributed by atoms with Gasteiger partial charge in [-0.3, -0.25) is 0 Å². The van der Waals surface area contributed by atoms with Crippen molar-refractivity contribution < 1.29 is 4.39 Å². The van der Waals surface area contributed by atoms with Gasteiger partial charge in [0.15, 0.2) is 0 Å². The van der Waals surface area contributed by atoms with E-state index in [9.17, 15) is 4.39 Å². The smallest absolute Gasteiger partial charge is 0.214 e. The predicted molar refractivity (Wildman–Crippen MR) is 58.1 cm³/mol. The maximum absolute atomic E-state index is 12.9. The normalized spacial score (nSPS) is 12.3. The van der Waals surface area contributed by atoms with Crippen LogP contribution in [-0.4, -0.2) is 16.5 Å². The quantitative estimate of drug-likeness (QED) is 0.739. The Labute approximate surface area is 87.5 Å². The summed E-state index contributed by atoms with van der Waals surface area (Å²) in [5.74, 6) is -0.471. The second kappa shape index (κ2) is 3.31. The summed E-state index contributed by atoms with van der Waals surface area (Å²) in [5, 5.41) is 0.937. The van der Waals surface area contributed by atoms with Crippen LogP contribution in [0.5, 0.6) is 0 Å². The molecule has 0 bridgehead atoms. The molecule has 0 radical (unpaired) electrons. The molecule has 0 aliphatic rings. The van der Waals surface area contributed by atoms with Gasteiger partial charge >= 0.3 is 0 Å². The molecule has 4 heteroatoms. The van der Waals surface area contributed by atoms with Crippen molar-refractivity contribution >= 4 is 11.0 Å². The van der Waals surface area contributed by atoms with E-state index in [0.29, 0.717) is 12.2 Å². The molecule has 0 aliphatic carbocycles. The fourth-order valence-corrected chi connectivity index (χ4v) is 1.65. The van der Waals surface area contributed by atoms with Gasteiger partial charge in [-0.1, -0.05) is 13.8 Å². The Bertz CT molecular complexity index is 488. The number of hydrogen-bond donors (Lipinski definition) is 2. The molecular weight excluding hydrogens is 193 g/mol. The van der Waals surface area contributed by atoms with E-state index in [1.165, 1.54) is 6.07 Å². The number of fused-ring (bicyclic) bond motifs is 1. The van der Waals surface area contributed by atoms with Gasteiger partial charge in [0.2, 0.25) is 5.95 Å². The molecule has 0 aromatic carbocycles. The standard InChI is InChI=1S/C11H14FN3/c1-11(2,6-13)8-5-14-10-7(8)3-4-9(12)15-10/h3-5H,6,13H2,1-2H3,(H,14,15). The first kappa shape index (κ1) is 10.1. The monoisotopic (exact) mass is 207 g/mol. The Morgan fingerprint density at radius 1 is 1.47 bits per heavy atom. The number of nitrogens with zero attached hydrogens (tertiary/aromatic N) is 1. The average Bonchev–Trinajstić information content (AvgIpc) is 2.61. The van der Waals surface area contributed by atoms with Crippen LogP contribution in [-0.2, 0) is 5.41 Å². The van der Waals surface area contributed by atoms with E-state index in [1.54, 1.807) is 6.07 Å². The number of aromatic nitrogens is 2. The summed E-state index contributed by atoms with van der Waals surface area (Å²) >= 11 is 0. The molecule has 0 unspecified atom stereocenters. The highest BCUT2D eigenvalue weighted by Crippen LogP contribution is 2.28.